The molecule has 0 radical (unpaired) electrons. The highest BCUT2D eigenvalue weighted by molar-refractivity contribution is 6.31. The Morgan fingerprint density at radius 1 is 1.36 bits per heavy atom. The lowest BCUT2D eigenvalue weighted by Gasteiger charge is -2.37. The van der Waals surface area contributed by atoms with Gasteiger partial charge in [-0.05, 0) is 24.0 Å². The fraction of sp³-hybridized carbons (Fsp3) is 0.556. The lowest BCUT2D eigenvalue weighted by atomic mass is 10.0. The minimum Gasteiger partial charge on any atom is -0.347 e. The summed E-state index contributed by atoms with van der Waals surface area (Å²) < 4.78 is 0. The molecule has 0 aliphatic carbocycles. The third-order valence-electron chi connectivity index (χ3n) is 4.21. The van der Waals surface area contributed by atoms with Crippen LogP contribution >= 0.6 is 24.0 Å². The first kappa shape index (κ1) is 21.7. The van der Waals surface area contributed by atoms with E-state index in [-0.39, 0.29) is 36.8 Å². The summed E-state index contributed by atoms with van der Waals surface area (Å²) in [7, 11) is 0. The Morgan fingerprint density at radius 2 is 2.08 bits per heavy atom. The number of carbonyl (C=O) groups excluding carboxylic acids is 2. The van der Waals surface area contributed by atoms with E-state index in [4.69, 9.17) is 11.6 Å². The van der Waals surface area contributed by atoms with E-state index in [0.717, 1.165) is 18.5 Å². The van der Waals surface area contributed by atoms with Gasteiger partial charge in [-0.3, -0.25) is 9.59 Å². The first-order chi connectivity index (χ1) is 11.5. The highest BCUT2D eigenvalue weighted by atomic mass is 35.5. The number of halogens is 2. The first-order valence-corrected chi connectivity index (χ1v) is 8.88. The molecule has 1 aromatic rings. The number of nitrogens with one attached hydrogen (secondary N) is 2. The lowest BCUT2D eigenvalue weighted by molar-refractivity contribution is -0.135. The molecule has 2 amide bonds. The van der Waals surface area contributed by atoms with Crippen molar-refractivity contribution in [3.8, 4) is 0 Å². The normalized spacial score (nSPS) is 17.1. The standard InChI is InChI=1S/C18H26ClN3O2.ClH/c1-13(2)7-8-17(23)21-12-18(24)22-10-9-20-11-16(22)14-5-3-4-6-15(14)19;/h3-6,13,16,20H,7-12H2,1-2H3,(H,21,23);1H. The van der Waals surface area contributed by atoms with Gasteiger partial charge < -0.3 is 15.5 Å². The van der Waals surface area contributed by atoms with Gasteiger partial charge in [0, 0.05) is 31.1 Å². The molecule has 7 heteroatoms. The largest absolute Gasteiger partial charge is 0.347 e. The summed E-state index contributed by atoms with van der Waals surface area (Å²) >= 11 is 6.29. The zero-order valence-electron chi connectivity index (χ0n) is 14.8. The molecule has 0 aromatic heterocycles. The third-order valence-corrected chi connectivity index (χ3v) is 4.56. The van der Waals surface area contributed by atoms with E-state index in [2.05, 4.69) is 24.5 Å². The zero-order valence-corrected chi connectivity index (χ0v) is 16.3. The maximum atomic E-state index is 12.6. The monoisotopic (exact) mass is 387 g/mol. The molecule has 2 rings (SSSR count). The molecular weight excluding hydrogens is 361 g/mol. The van der Waals surface area contributed by atoms with E-state index in [9.17, 15) is 9.59 Å². The summed E-state index contributed by atoms with van der Waals surface area (Å²) in [6.07, 6.45) is 1.29. The minimum absolute atomic E-state index is 0. The molecule has 1 aliphatic rings. The Kier molecular flexibility index (Phi) is 9.25. The number of amides is 2. The van der Waals surface area contributed by atoms with E-state index in [1.54, 1.807) is 4.90 Å². The molecule has 1 unspecified atom stereocenters. The van der Waals surface area contributed by atoms with Crippen molar-refractivity contribution in [2.75, 3.05) is 26.2 Å². The van der Waals surface area contributed by atoms with Crippen LogP contribution in [0.25, 0.3) is 0 Å². The summed E-state index contributed by atoms with van der Waals surface area (Å²) in [5, 5.41) is 6.70. The molecule has 0 spiro atoms. The van der Waals surface area contributed by atoms with Crippen molar-refractivity contribution in [1.29, 1.82) is 0 Å². The van der Waals surface area contributed by atoms with Crippen molar-refractivity contribution >= 4 is 35.8 Å². The molecule has 1 fully saturated rings. The molecule has 0 saturated carbocycles. The van der Waals surface area contributed by atoms with Gasteiger partial charge in [-0.1, -0.05) is 43.6 Å². The lowest BCUT2D eigenvalue weighted by Crippen LogP contribution is -2.51. The van der Waals surface area contributed by atoms with Crippen LogP contribution in [0.15, 0.2) is 24.3 Å². The van der Waals surface area contributed by atoms with E-state index in [1.807, 2.05) is 24.3 Å². The van der Waals surface area contributed by atoms with E-state index < -0.39 is 0 Å². The van der Waals surface area contributed by atoms with Gasteiger partial charge >= 0.3 is 0 Å². The zero-order chi connectivity index (χ0) is 17.5. The Bertz CT molecular complexity index is 581. The number of rotatable bonds is 6. The molecule has 25 heavy (non-hydrogen) atoms. The van der Waals surface area contributed by atoms with Crippen LogP contribution in [-0.4, -0.2) is 42.9 Å². The number of hydrogen-bond donors (Lipinski definition) is 2. The van der Waals surface area contributed by atoms with E-state index in [1.165, 1.54) is 0 Å². The smallest absolute Gasteiger partial charge is 0.242 e. The fourth-order valence-corrected chi connectivity index (χ4v) is 3.07. The quantitative estimate of drug-likeness (QED) is 0.788. The Labute approximate surface area is 160 Å². The average Bonchev–Trinajstić information content (AvgIpc) is 2.58. The molecule has 1 aliphatic heterocycles. The number of benzene rings is 1. The van der Waals surface area contributed by atoms with Crippen LogP contribution in [0.5, 0.6) is 0 Å². The number of hydrogen-bond acceptors (Lipinski definition) is 3. The number of carbonyl (C=O) groups is 2. The second-order valence-corrected chi connectivity index (χ2v) is 6.95. The molecule has 1 saturated heterocycles. The van der Waals surface area contributed by atoms with Crippen LogP contribution in [-0.2, 0) is 9.59 Å². The Balaban J connectivity index is 0.00000312. The van der Waals surface area contributed by atoms with Gasteiger partial charge in [-0.25, -0.2) is 0 Å². The highest BCUT2D eigenvalue weighted by Gasteiger charge is 2.29. The molecule has 1 heterocycles. The van der Waals surface area contributed by atoms with Gasteiger partial charge in [0.25, 0.3) is 0 Å². The minimum atomic E-state index is -0.104. The predicted octanol–water partition coefficient (Wildman–Crippen LogP) is 2.79. The van der Waals surface area contributed by atoms with Crippen LogP contribution in [0.2, 0.25) is 5.02 Å². The van der Waals surface area contributed by atoms with E-state index in [0.29, 0.717) is 30.5 Å². The molecule has 0 bridgehead atoms. The van der Waals surface area contributed by atoms with Crippen molar-refractivity contribution in [1.82, 2.24) is 15.5 Å². The van der Waals surface area contributed by atoms with Crippen molar-refractivity contribution in [3.63, 3.8) is 0 Å². The van der Waals surface area contributed by atoms with Gasteiger partial charge in [-0.15, -0.1) is 12.4 Å². The summed E-state index contributed by atoms with van der Waals surface area (Å²) in [6, 6.07) is 7.48. The second kappa shape index (κ2) is 10.6. The number of piperazine rings is 1. The van der Waals surface area contributed by atoms with Crippen LogP contribution in [0.1, 0.15) is 38.3 Å². The molecule has 5 nitrogen and oxygen atoms in total. The first-order valence-electron chi connectivity index (χ1n) is 8.50. The van der Waals surface area contributed by atoms with Crippen LogP contribution in [0, 0.1) is 5.92 Å². The van der Waals surface area contributed by atoms with Crippen LogP contribution < -0.4 is 10.6 Å². The maximum absolute atomic E-state index is 12.6. The summed E-state index contributed by atoms with van der Waals surface area (Å²) in [4.78, 5) is 26.2. The van der Waals surface area contributed by atoms with Gasteiger partial charge in [0.15, 0.2) is 0 Å². The van der Waals surface area contributed by atoms with Crippen molar-refractivity contribution in [2.24, 2.45) is 5.92 Å². The molecule has 140 valence electrons. The molecular formula is C18H27Cl2N3O2. The molecule has 2 N–H and O–H groups in total. The maximum Gasteiger partial charge on any atom is 0.242 e. The second-order valence-electron chi connectivity index (χ2n) is 6.54. The summed E-state index contributed by atoms with van der Waals surface area (Å²) in [6.45, 7) is 6.21. The Morgan fingerprint density at radius 3 is 2.76 bits per heavy atom. The topological polar surface area (TPSA) is 61.4 Å². The Hall–Kier alpha value is -1.30. The van der Waals surface area contributed by atoms with Gasteiger partial charge in [0.2, 0.25) is 11.8 Å². The SMILES string of the molecule is CC(C)CCC(=O)NCC(=O)N1CCNCC1c1ccccc1Cl.Cl. The summed E-state index contributed by atoms with van der Waals surface area (Å²) in [5.74, 6) is 0.338. The van der Waals surface area contributed by atoms with Crippen LogP contribution in [0.4, 0.5) is 0 Å². The van der Waals surface area contributed by atoms with Crippen molar-refractivity contribution in [3.05, 3.63) is 34.9 Å². The summed E-state index contributed by atoms with van der Waals surface area (Å²) in [5.41, 5.74) is 0.936. The highest BCUT2D eigenvalue weighted by Crippen LogP contribution is 2.28. The van der Waals surface area contributed by atoms with Gasteiger partial charge in [0.05, 0.1) is 12.6 Å². The number of nitrogens with zero attached hydrogens (tertiary/aromatic N) is 1. The molecule has 1 atom stereocenters. The van der Waals surface area contributed by atoms with Gasteiger partial charge in [0.1, 0.15) is 0 Å². The van der Waals surface area contributed by atoms with Crippen LogP contribution in [0.3, 0.4) is 0 Å². The predicted molar refractivity (Wildman–Crippen MR) is 103 cm³/mol. The van der Waals surface area contributed by atoms with Crippen molar-refractivity contribution in [2.45, 2.75) is 32.7 Å². The fourth-order valence-electron chi connectivity index (χ4n) is 2.81. The van der Waals surface area contributed by atoms with Crippen molar-refractivity contribution < 1.29 is 9.59 Å². The van der Waals surface area contributed by atoms with Gasteiger partial charge in [-0.2, -0.15) is 0 Å². The molecule has 1 aromatic carbocycles. The third kappa shape index (κ3) is 6.49. The average molecular weight is 388 g/mol. The van der Waals surface area contributed by atoms with E-state index >= 15 is 0 Å².